The van der Waals surface area contributed by atoms with Gasteiger partial charge in [0.05, 0.1) is 15.8 Å². The summed E-state index contributed by atoms with van der Waals surface area (Å²) in [5.41, 5.74) is 8.11. The Morgan fingerprint density at radius 1 is 0.966 bits per heavy atom. The molecular weight excluding hydrogens is 755 g/mol. The Balaban J connectivity index is 1.21. The molecule has 4 heterocycles. The molecule has 58 heavy (non-hydrogen) atoms. The van der Waals surface area contributed by atoms with E-state index in [0.717, 1.165) is 63.0 Å². The van der Waals surface area contributed by atoms with E-state index in [1.54, 1.807) is 6.07 Å². The average molecular weight is 805 g/mol. The lowest BCUT2D eigenvalue weighted by Gasteiger charge is -2.43. The Kier molecular flexibility index (Phi) is 10.9. The minimum Gasteiger partial charge on any atom is -0.456 e. The highest BCUT2D eigenvalue weighted by molar-refractivity contribution is 7.85. The molecule has 0 aliphatic carbocycles. The van der Waals surface area contributed by atoms with Gasteiger partial charge in [-0.05, 0) is 89.8 Å². The molecule has 0 radical (unpaired) electrons. The monoisotopic (exact) mass is 804 g/mol. The lowest BCUT2D eigenvalue weighted by Crippen LogP contribution is -2.44. The van der Waals surface area contributed by atoms with Crippen molar-refractivity contribution in [2.75, 3.05) is 18.0 Å². The van der Waals surface area contributed by atoms with Crippen LogP contribution in [0.15, 0.2) is 95.9 Å². The van der Waals surface area contributed by atoms with Crippen LogP contribution in [0.3, 0.4) is 0 Å². The first kappa shape index (κ1) is 40.6. The molecule has 11 nitrogen and oxygen atoms in total. The fraction of sp³-hybridized carbons (Fsp3) is 0.348. The maximum absolute atomic E-state index is 12.4. The number of carbonyl (C=O) groups excluding carboxylic acids is 3. The number of rotatable bonds is 12. The standard InChI is InChI=1S/C46H49N3O8S/c1-7-48-38-28-40-35(27-34(38)30(2)29-45(48,3)4)32(25-39(56-40)31-15-10-8-11-16-31)17-14-18-41-46(5,6)36-26-33(58(53,54)55)20-21-37(36)47(41)24-13-9-12-19-44(52)57-49-42(50)22-23-43(49)51/h8,10-11,14-18,20-21,25-29H,7,9,12-13,19,22-24H2,1-6H3/p+1. The van der Waals surface area contributed by atoms with Gasteiger partial charge in [0.1, 0.15) is 18.1 Å². The number of benzene rings is 3. The highest BCUT2D eigenvalue weighted by Gasteiger charge is 2.45. The zero-order valence-corrected chi connectivity index (χ0v) is 34.7. The van der Waals surface area contributed by atoms with Crippen molar-refractivity contribution in [3.8, 4) is 5.75 Å². The number of ether oxygens (including phenoxy) is 1. The van der Waals surface area contributed by atoms with Crippen LogP contribution in [0.1, 0.15) is 102 Å². The van der Waals surface area contributed by atoms with Crippen LogP contribution in [-0.2, 0) is 34.8 Å². The second-order valence-electron chi connectivity index (χ2n) is 16.2. The topological polar surface area (TPSA) is 134 Å². The second-order valence-corrected chi connectivity index (χ2v) is 17.6. The van der Waals surface area contributed by atoms with Gasteiger partial charge in [-0.3, -0.25) is 14.1 Å². The molecule has 1 saturated heterocycles. The highest BCUT2D eigenvalue weighted by Crippen LogP contribution is 2.47. The molecule has 0 spiro atoms. The minimum absolute atomic E-state index is 0.0403. The predicted octanol–water partition coefficient (Wildman–Crippen LogP) is 8.57. The molecule has 3 aromatic rings. The van der Waals surface area contributed by atoms with E-state index in [2.05, 4.69) is 73.6 Å². The number of likely N-dealkylation sites (N-methyl/N-ethyl adjacent to an activating group) is 1. The molecule has 0 bridgehead atoms. The summed E-state index contributed by atoms with van der Waals surface area (Å²) in [6.45, 7) is 14.2. The maximum atomic E-state index is 12.4. The molecule has 0 unspecified atom stereocenters. The molecule has 0 atom stereocenters. The summed E-state index contributed by atoms with van der Waals surface area (Å²) in [5.74, 6) is -0.141. The number of carbonyl (C=O) groups is 3. The van der Waals surface area contributed by atoms with Gasteiger partial charge in [0.15, 0.2) is 5.71 Å². The van der Waals surface area contributed by atoms with Gasteiger partial charge in [-0.15, -0.1) is 5.06 Å². The molecule has 3 aromatic carbocycles. The molecule has 0 aromatic heterocycles. The SMILES string of the molecule is CCN1c2cc3c(cc2C(C)=CC1(C)C)/C(=C/C=C/C1=[N+](CCCCCC(=O)ON2C(=O)CCC2=O)c2ccc(S(=O)(=O)O)cc2C1(C)C)C=C(c1ccccc1)O3. The molecule has 302 valence electrons. The number of nitrogens with zero attached hydrogens (tertiary/aromatic N) is 3. The Bertz CT molecular complexity index is 2460. The van der Waals surface area contributed by atoms with Crippen molar-refractivity contribution < 1.29 is 41.5 Å². The van der Waals surface area contributed by atoms with Gasteiger partial charge in [-0.25, -0.2) is 4.79 Å². The summed E-state index contributed by atoms with van der Waals surface area (Å²) in [6.07, 6.45) is 12.5. The molecule has 4 aliphatic rings. The van der Waals surface area contributed by atoms with Gasteiger partial charge in [0.2, 0.25) is 5.69 Å². The van der Waals surface area contributed by atoms with Gasteiger partial charge < -0.3 is 14.5 Å². The fourth-order valence-electron chi connectivity index (χ4n) is 8.56. The number of allylic oxidation sites excluding steroid dienone is 6. The minimum atomic E-state index is -4.44. The van der Waals surface area contributed by atoms with E-state index in [9.17, 15) is 27.4 Å². The smallest absolute Gasteiger partial charge is 0.333 e. The Labute approximate surface area is 340 Å². The lowest BCUT2D eigenvalue weighted by atomic mass is 9.81. The van der Waals surface area contributed by atoms with E-state index in [0.29, 0.717) is 30.9 Å². The third-order valence-corrected chi connectivity index (χ3v) is 12.3. The summed E-state index contributed by atoms with van der Waals surface area (Å²) in [5, 5.41) is 0.568. The van der Waals surface area contributed by atoms with Crippen LogP contribution in [0, 0.1) is 0 Å². The van der Waals surface area contributed by atoms with Crippen LogP contribution in [0.5, 0.6) is 5.75 Å². The maximum Gasteiger partial charge on any atom is 0.333 e. The molecular formula is C46H50N3O8S+. The average Bonchev–Trinajstić information content (AvgIpc) is 3.59. The number of fused-ring (bicyclic) bond motifs is 3. The molecule has 12 heteroatoms. The summed E-state index contributed by atoms with van der Waals surface area (Å²) in [6, 6.07) is 19.1. The summed E-state index contributed by atoms with van der Waals surface area (Å²) in [7, 11) is -4.44. The van der Waals surface area contributed by atoms with Crippen LogP contribution in [0.4, 0.5) is 11.4 Å². The Morgan fingerprint density at radius 2 is 1.69 bits per heavy atom. The van der Waals surface area contributed by atoms with Crippen molar-refractivity contribution >= 4 is 61.9 Å². The van der Waals surface area contributed by atoms with E-state index in [-0.39, 0.29) is 29.7 Å². The Morgan fingerprint density at radius 3 is 2.38 bits per heavy atom. The number of unbranched alkanes of at least 4 members (excludes halogenated alkanes) is 2. The van der Waals surface area contributed by atoms with E-state index in [1.165, 1.54) is 17.7 Å². The number of hydrogen-bond donors (Lipinski definition) is 1. The van der Waals surface area contributed by atoms with Crippen LogP contribution in [0.25, 0.3) is 16.9 Å². The van der Waals surface area contributed by atoms with Gasteiger partial charge >= 0.3 is 5.97 Å². The molecule has 0 saturated carbocycles. The summed E-state index contributed by atoms with van der Waals surface area (Å²) >= 11 is 0. The third kappa shape index (κ3) is 7.82. The summed E-state index contributed by atoms with van der Waals surface area (Å²) in [4.78, 5) is 43.4. The van der Waals surface area contributed by atoms with Gasteiger partial charge in [-0.1, -0.05) is 48.6 Å². The van der Waals surface area contributed by atoms with Crippen LogP contribution < -0.4 is 9.64 Å². The van der Waals surface area contributed by atoms with Crippen LogP contribution in [-0.4, -0.2) is 64.7 Å². The van der Waals surface area contributed by atoms with E-state index in [1.807, 2.05) is 50.3 Å². The second kappa shape index (κ2) is 15.6. The fourth-order valence-corrected chi connectivity index (χ4v) is 9.07. The van der Waals surface area contributed by atoms with Crippen molar-refractivity contribution in [2.45, 2.75) is 95.9 Å². The van der Waals surface area contributed by atoms with E-state index >= 15 is 0 Å². The normalized spacial score (nSPS) is 18.9. The van der Waals surface area contributed by atoms with Crippen molar-refractivity contribution in [3.63, 3.8) is 0 Å². The van der Waals surface area contributed by atoms with Crippen molar-refractivity contribution in [2.24, 2.45) is 0 Å². The predicted molar refractivity (Wildman–Crippen MR) is 224 cm³/mol. The third-order valence-electron chi connectivity index (χ3n) is 11.4. The first-order valence-electron chi connectivity index (χ1n) is 19.8. The quantitative estimate of drug-likeness (QED) is 0.0828. The van der Waals surface area contributed by atoms with E-state index < -0.39 is 33.3 Å². The number of hydroxylamine groups is 2. The van der Waals surface area contributed by atoms with Gasteiger partial charge in [-0.2, -0.15) is 13.0 Å². The number of hydrogen-bond acceptors (Lipinski definition) is 8. The Hall–Kier alpha value is -5.59. The van der Waals surface area contributed by atoms with Crippen LogP contribution >= 0.6 is 0 Å². The molecule has 7 rings (SSSR count). The number of imide groups is 1. The van der Waals surface area contributed by atoms with Gasteiger partial charge in [0.25, 0.3) is 21.9 Å². The van der Waals surface area contributed by atoms with Crippen LogP contribution in [0.2, 0.25) is 0 Å². The van der Waals surface area contributed by atoms with Gasteiger partial charge in [0, 0.05) is 78.4 Å². The number of amides is 2. The molecule has 1 N–H and O–H groups in total. The zero-order chi connectivity index (χ0) is 41.6. The molecule has 2 amide bonds. The largest absolute Gasteiger partial charge is 0.456 e. The van der Waals surface area contributed by atoms with Crippen molar-refractivity contribution in [1.82, 2.24) is 5.06 Å². The number of anilines is 1. The zero-order valence-electron chi connectivity index (χ0n) is 33.9. The highest BCUT2D eigenvalue weighted by atomic mass is 32.2. The first-order chi connectivity index (χ1) is 27.5. The molecule has 4 aliphatic heterocycles. The lowest BCUT2D eigenvalue weighted by molar-refractivity contribution is -0.438. The first-order valence-corrected chi connectivity index (χ1v) is 21.3. The summed E-state index contributed by atoms with van der Waals surface area (Å²) < 4.78 is 43.2. The molecule has 1 fully saturated rings. The van der Waals surface area contributed by atoms with E-state index in [4.69, 9.17) is 9.57 Å². The van der Waals surface area contributed by atoms with Crippen molar-refractivity contribution in [1.29, 1.82) is 0 Å². The van der Waals surface area contributed by atoms with Crippen molar-refractivity contribution in [3.05, 3.63) is 113 Å².